The Morgan fingerprint density at radius 1 is 0.352 bits per heavy atom. The lowest BCUT2D eigenvalue weighted by Gasteiger charge is -2.40. The first-order chi connectivity index (χ1) is 26.8. The number of benzene rings is 8. The van der Waals surface area contributed by atoms with Gasteiger partial charge in [0, 0.05) is 33.4 Å². The number of nitrogens with zero attached hydrogens (tertiary/aromatic N) is 2. The van der Waals surface area contributed by atoms with E-state index in [2.05, 4.69) is 176 Å². The second kappa shape index (κ2) is 12.0. The Bertz CT molecular complexity index is 2880. The predicted octanol–water partition coefficient (Wildman–Crippen LogP) is 12.8. The van der Waals surface area contributed by atoms with Gasteiger partial charge in [-0.2, -0.15) is 0 Å². The maximum atomic E-state index is 6.99. The van der Waals surface area contributed by atoms with Gasteiger partial charge in [0.2, 0.25) is 0 Å². The molecule has 11 rings (SSSR count). The highest BCUT2D eigenvalue weighted by molar-refractivity contribution is 5.91. The molecule has 0 fully saturated rings. The van der Waals surface area contributed by atoms with Crippen molar-refractivity contribution in [3.05, 3.63) is 216 Å². The molecule has 2 aliphatic rings. The molecule has 9 aromatic rings. The average Bonchev–Trinajstić information content (AvgIpc) is 3.54. The molecule has 54 heavy (non-hydrogen) atoms. The Kier molecular flexibility index (Phi) is 6.77. The minimum Gasteiger partial charge on any atom is -0.456 e. The number of hydrogen-bond acceptors (Lipinski definition) is 3. The zero-order chi connectivity index (χ0) is 35.6. The van der Waals surface area contributed by atoms with Crippen LogP contribution in [0.5, 0.6) is 11.5 Å². The van der Waals surface area contributed by atoms with Crippen molar-refractivity contribution >= 4 is 10.8 Å². The molecule has 0 saturated carbocycles. The van der Waals surface area contributed by atoms with Crippen molar-refractivity contribution < 1.29 is 4.74 Å². The van der Waals surface area contributed by atoms with E-state index in [1.54, 1.807) is 0 Å². The van der Waals surface area contributed by atoms with Crippen molar-refractivity contribution in [2.75, 3.05) is 0 Å². The van der Waals surface area contributed by atoms with E-state index in [1.165, 1.54) is 33.0 Å². The summed E-state index contributed by atoms with van der Waals surface area (Å²) in [6.07, 6.45) is 0. The van der Waals surface area contributed by atoms with Crippen molar-refractivity contribution in [2.45, 2.75) is 5.41 Å². The average molecular weight is 689 g/mol. The van der Waals surface area contributed by atoms with Crippen LogP contribution in [0.15, 0.2) is 194 Å². The molecule has 252 valence electrons. The minimum absolute atomic E-state index is 0.517. The van der Waals surface area contributed by atoms with Crippen LogP contribution in [0, 0.1) is 0 Å². The summed E-state index contributed by atoms with van der Waals surface area (Å²) in [5.74, 6) is 2.45. The fourth-order valence-corrected chi connectivity index (χ4v) is 8.76. The summed E-state index contributed by atoms with van der Waals surface area (Å²) < 4.78 is 6.99. The first-order valence-corrected chi connectivity index (χ1v) is 18.4. The van der Waals surface area contributed by atoms with Crippen molar-refractivity contribution in [1.82, 2.24) is 9.97 Å². The number of ether oxygens (including phenoxy) is 1. The third-order valence-corrected chi connectivity index (χ3v) is 11.1. The van der Waals surface area contributed by atoms with E-state index in [1.807, 2.05) is 18.2 Å². The van der Waals surface area contributed by atoms with Crippen LogP contribution in [-0.2, 0) is 5.41 Å². The van der Waals surface area contributed by atoms with Crippen molar-refractivity contribution in [1.29, 1.82) is 0 Å². The molecule has 1 aliphatic carbocycles. The third-order valence-electron chi connectivity index (χ3n) is 11.1. The van der Waals surface area contributed by atoms with E-state index in [-0.39, 0.29) is 0 Å². The Morgan fingerprint density at radius 2 is 0.907 bits per heavy atom. The second-order valence-corrected chi connectivity index (χ2v) is 14.1. The maximum absolute atomic E-state index is 6.99. The maximum Gasteiger partial charge on any atom is 0.160 e. The molecular weight excluding hydrogens is 657 g/mol. The molecule has 1 aliphatic heterocycles. The lowest BCUT2D eigenvalue weighted by molar-refractivity contribution is 0.438. The SMILES string of the molecule is c1ccc(-c2nc(-c3cccc(-c4cccc5c4Oc4ccccc4C54c5ccccc5-c5ccccc54)c3)cc(-c3ccc4ccccc4c3)n2)cc1. The Balaban J connectivity index is 1.10. The van der Waals surface area contributed by atoms with Gasteiger partial charge in [-0.1, -0.05) is 170 Å². The van der Waals surface area contributed by atoms with E-state index >= 15 is 0 Å². The summed E-state index contributed by atoms with van der Waals surface area (Å²) in [6.45, 7) is 0. The fourth-order valence-electron chi connectivity index (χ4n) is 8.76. The monoisotopic (exact) mass is 688 g/mol. The van der Waals surface area contributed by atoms with Crippen LogP contribution < -0.4 is 4.74 Å². The van der Waals surface area contributed by atoms with Gasteiger partial charge in [0.15, 0.2) is 5.82 Å². The van der Waals surface area contributed by atoms with E-state index in [0.717, 1.165) is 61.8 Å². The molecule has 3 heteroatoms. The fraction of sp³-hybridized carbons (Fsp3) is 0.0196. The Hall–Kier alpha value is -7.10. The Labute approximate surface area is 313 Å². The van der Waals surface area contributed by atoms with Crippen LogP contribution in [0.2, 0.25) is 0 Å². The number of rotatable bonds is 4. The predicted molar refractivity (Wildman–Crippen MR) is 219 cm³/mol. The van der Waals surface area contributed by atoms with Gasteiger partial charge in [-0.15, -0.1) is 0 Å². The van der Waals surface area contributed by atoms with Gasteiger partial charge in [-0.05, 0) is 62.9 Å². The van der Waals surface area contributed by atoms with Gasteiger partial charge in [-0.3, -0.25) is 0 Å². The molecule has 0 bridgehead atoms. The van der Waals surface area contributed by atoms with Gasteiger partial charge in [-0.25, -0.2) is 9.97 Å². The van der Waals surface area contributed by atoms with E-state index in [0.29, 0.717) is 5.82 Å². The molecule has 0 unspecified atom stereocenters. The normalized spacial score (nSPS) is 13.1. The highest BCUT2D eigenvalue weighted by atomic mass is 16.5. The lowest BCUT2D eigenvalue weighted by atomic mass is 9.65. The van der Waals surface area contributed by atoms with E-state index < -0.39 is 5.41 Å². The first kappa shape index (κ1) is 30.5. The summed E-state index contributed by atoms with van der Waals surface area (Å²) in [5.41, 5.74) is 13.8. The van der Waals surface area contributed by atoms with Gasteiger partial charge in [0.05, 0.1) is 16.8 Å². The van der Waals surface area contributed by atoms with Crippen LogP contribution in [0.25, 0.3) is 66.9 Å². The van der Waals surface area contributed by atoms with E-state index in [4.69, 9.17) is 14.7 Å². The summed E-state index contributed by atoms with van der Waals surface area (Å²) in [6, 6.07) is 68.9. The highest BCUT2D eigenvalue weighted by Crippen LogP contribution is 2.63. The van der Waals surface area contributed by atoms with Gasteiger partial charge < -0.3 is 4.74 Å². The summed E-state index contributed by atoms with van der Waals surface area (Å²) in [4.78, 5) is 10.3. The first-order valence-electron chi connectivity index (χ1n) is 18.4. The number of aromatic nitrogens is 2. The molecule has 0 N–H and O–H groups in total. The smallest absolute Gasteiger partial charge is 0.160 e. The zero-order valence-corrected chi connectivity index (χ0v) is 29.3. The van der Waals surface area contributed by atoms with Crippen LogP contribution >= 0.6 is 0 Å². The zero-order valence-electron chi connectivity index (χ0n) is 29.3. The quantitative estimate of drug-likeness (QED) is 0.185. The molecule has 0 radical (unpaired) electrons. The summed E-state index contributed by atoms with van der Waals surface area (Å²) in [5, 5.41) is 2.38. The molecule has 0 saturated heterocycles. The number of fused-ring (bicyclic) bond motifs is 10. The van der Waals surface area contributed by atoms with E-state index in [9.17, 15) is 0 Å². The van der Waals surface area contributed by atoms with Crippen molar-refractivity contribution in [2.24, 2.45) is 0 Å². The van der Waals surface area contributed by atoms with Crippen LogP contribution in [0.1, 0.15) is 22.3 Å². The second-order valence-electron chi connectivity index (χ2n) is 14.1. The number of para-hydroxylation sites is 2. The van der Waals surface area contributed by atoms with Crippen LogP contribution in [0.3, 0.4) is 0 Å². The number of hydrogen-bond donors (Lipinski definition) is 0. The lowest BCUT2D eigenvalue weighted by Crippen LogP contribution is -2.32. The molecular formula is C51H32N2O. The van der Waals surface area contributed by atoms with Crippen molar-refractivity contribution in [3.63, 3.8) is 0 Å². The van der Waals surface area contributed by atoms with Gasteiger partial charge in [0.1, 0.15) is 11.5 Å². The molecule has 0 atom stereocenters. The molecule has 1 spiro atoms. The molecule has 1 aromatic heterocycles. The van der Waals surface area contributed by atoms with Gasteiger partial charge >= 0.3 is 0 Å². The standard InChI is InChI=1S/C51H32N2O/c1-2-15-34(16-3-1)50-52-46(32-47(53-50)38-29-28-33-14-4-5-17-35(33)30-38)37-19-12-18-36(31-37)39-22-13-26-45-49(39)54-48-27-11-10-25-44(48)51(45)42-23-8-6-20-40(42)41-21-7-9-24-43(41)51/h1-32H. The van der Waals surface area contributed by atoms with Crippen LogP contribution in [0.4, 0.5) is 0 Å². The topological polar surface area (TPSA) is 35.0 Å². The molecule has 2 heterocycles. The summed E-state index contributed by atoms with van der Waals surface area (Å²) >= 11 is 0. The van der Waals surface area contributed by atoms with Gasteiger partial charge in [0.25, 0.3) is 0 Å². The Morgan fingerprint density at radius 3 is 1.69 bits per heavy atom. The largest absolute Gasteiger partial charge is 0.456 e. The molecule has 3 nitrogen and oxygen atoms in total. The third kappa shape index (κ3) is 4.55. The molecule has 0 amide bonds. The minimum atomic E-state index is -0.517. The van der Waals surface area contributed by atoms with Crippen molar-refractivity contribution in [3.8, 4) is 67.7 Å². The summed E-state index contributed by atoms with van der Waals surface area (Å²) in [7, 11) is 0. The van der Waals surface area contributed by atoms with Crippen LogP contribution in [-0.4, -0.2) is 9.97 Å². The molecule has 8 aromatic carbocycles. The highest BCUT2D eigenvalue weighted by Gasteiger charge is 2.51.